The molecule has 0 aliphatic heterocycles. The van der Waals surface area contributed by atoms with Gasteiger partial charge >= 0.3 is 0 Å². The van der Waals surface area contributed by atoms with Gasteiger partial charge in [0.15, 0.2) is 0 Å². The molecular weight excluding hydrogens is 345 g/mol. The van der Waals surface area contributed by atoms with E-state index in [0.29, 0.717) is 18.7 Å². The van der Waals surface area contributed by atoms with Crippen LogP contribution in [0.2, 0.25) is 0 Å². The van der Waals surface area contributed by atoms with Crippen LogP contribution < -0.4 is 9.62 Å². The first kappa shape index (κ1) is 18.9. The summed E-state index contributed by atoms with van der Waals surface area (Å²) in [5.74, 6) is -0.608. The molecule has 8 heteroatoms. The van der Waals surface area contributed by atoms with Crippen molar-refractivity contribution in [2.75, 3.05) is 17.1 Å². The maximum absolute atomic E-state index is 13.0. The Balaban J connectivity index is 1.86. The summed E-state index contributed by atoms with van der Waals surface area (Å²) in [6.07, 6.45) is 4.94. The molecule has 0 fully saturated rings. The van der Waals surface area contributed by atoms with Crippen LogP contribution in [0.5, 0.6) is 0 Å². The third-order valence-electron chi connectivity index (χ3n) is 3.49. The van der Waals surface area contributed by atoms with Crippen molar-refractivity contribution in [3.63, 3.8) is 0 Å². The first-order chi connectivity index (χ1) is 11.9. The van der Waals surface area contributed by atoms with E-state index in [4.69, 9.17) is 0 Å². The van der Waals surface area contributed by atoms with Gasteiger partial charge in [0.25, 0.3) is 0 Å². The number of amides is 1. The summed E-state index contributed by atoms with van der Waals surface area (Å²) in [4.78, 5) is 15.8. The Hall–Kier alpha value is -2.48. The van der Waals surface area contributed by atoms with Crippen LogP contribution in [-0.2, 0) is 21.4 Å². The number of nitrogens with zero attached hydrogens (tertiary/aromatic N) is 2. The molecule has 1 N–H and O–H groups in total. The largest absolute Gasteiger partial charge is 0.352 e. The molecule has 25 heavy (non-hydrogen) atoms. The Morgan fingerprint density at radius 1 is 1.24 bits per heavy atom. The zero-order valence-corrected chi connectivity index (χ0v) is 14.7. The van der Waals surface area contributed by atoms with Crippen LogP contribution in [0.15, 0.2) is 48.8 Å². The molecule has 1 aromatic heterocycles. The zero-order valence-electron chi connectivity index (χ0n) is 13.9. The van der Waals surface area contributed by atoms with Crippen molar-refractivity contribution in [1.82, 2.24) is 10.3 Å². The molecule has 0 saturated heterocycles. The fourth-order valence-electron chi connectivity index (χ4n) is 2.27. The van der Waals surface area contributed by atoms with Gasteiger partial charge in [0.1, 0.15) is 5.82 Å². The second-order valence-corrected chi connectivity index (χ2v) is 7.46. The molecule has 0 spiro atoms. The predicted molar refractivity (Wildman–Crippen MR) is 93.9 cm³/mol. The van der Waals surface area contributed by atoms with Gasteiger partial charge in [0.05, 0.1) is 11.9 Å². The van der Waals surface area contributed by atoms with Gasteiger partial charge in [-0.1, -0.05) is 6.07 Å². The van der Waals surface area contributed by atoms with Crippen LogP contribution in [0.3, 0.4) is 0 Å². The van der Waals surface area contributed by atoms with Crippen molar-refractivity contribution in [1.29, 1.82) is 0 Å². The number of nitrogens with one attached hydrogen (secondary N) is 1. The van der Waals surface area contributed by atoms with E-state index in [1.807, 2.05) is 6.07 Å². The lowest BCUT2D eigenvalue weighted by Gasteiger charge is -2.22. The smallest absolute Gasteiger partial charge is 0.232 e. The van der Waals surface area contributed by atoms with E-state index in [9.17, 15) is 17.6 Å². The Morgan fingerprint density at radius 3 is 2.56 bits per heavy atom. The monoisotopic (exact) mass is 365 g/mol. The lowest BCUT2D eigenvalue weighted by atomic mass is 10.2. The minimum atomic E-state index is -3.51. The van der Waals surface area contributed by atoms with Crippen molar-refractivity contribution in [3.05, 3.63) is 60.2 Å². The van der Waals surface area contributed by atoms with Crippen LogP contribution in [0.1, 0.15) is 18.4 Å². The van der Waals surface area contributed by atoms with E-state index < -0.39 is 15.8 Å². The highest BCUT2D eigenvalue weighted by Crippen LogP contribution is 2.18. The van der Waals surface area contributed by atoms with E-state index in [-0.39, 0.29) is 18.9 Å². The van der Waals surface area contributed by atoms with Gasteiger partial charge in [0.2, 0.25) is 15.9 Å². The fraction of sp³-hybridized carbons (Fsp3) is 0.294. The molecule has 134 valence electrons. The summed E-state index contributed by atoms with van der Waals surface area (Å²) >= 11 is 0. The molecular formula is C17H20FN3O3S. The highest BCUT2D eigenvalue weighted by molar-refractivity contribution is 7.92. The van der Waals surface area contributed by atoms with Crippen LogP contribution >= 0.6 is 0 Å². The number of sulfonamides is 1. The van der Waals surface area contributed by atoms with Crippen molar-refractivity contribution in [2.45, 2.75) is 19.4 Å². The Labute approximate surface area is 146 Å². The molecule has 2 rings (SSSR count). The predicted octanol–water partition coefficient (Wildman–Crippen LogP) is 2.08. The minimum Gasteiger partial charge on any atom is -0.352 e. The van der Waals surface area contributed by atoms with Gasteiger partial charge in [-0.25, -0.2) is 12.8 Å². The molecule has 1 amide bonds. The number of carbonyl (C=O) groups is 1. The number of rotatable bonds is 8. The number of hydrogen-bond donors (Lipinski definition) is 1. The van der Waals surface area contributed by atoms with Crippen molar-refractivity contribution >= 4 is 21.6 Å². The van der Waals surface area contributed by atoms with Gasteiger partial charge in [-0.2, -0.15) is 0 Å². The Kier molecular flexibility index (Phi) is 6.46. The van der Waals surface area contributed by atoms with E-state index in [1.165, 1.54) is 28.6 Å². The lowest BCUT2D eigenvalue weighted by molar-refractivity contribution is -0.121. The second kappa shape index (κ2) is 8.57. The van der Waals surface area contributed by atoms with Crippen molar-refractivity contribution < 1.29 is 17.6 Å². The highest BCUT2D eigenvalue weighted by Gasteiger charge is 2.17. The molecule has 0 atom stereocenters. The van der Waals surface area contributed by atoms with Crippen molar-refractivity contribution in [3.8, 4) is 0 Å². The molecule has 1 aromatic carbocycles. The molecule has 1 heterocycles. The zero-order chi connectivity index (χ0) is 18.3. The first-order valence-electron chi connectivity index (χ1n) is 7.75. The van der Waals surface area contributed by atoms with Gasteiger partial charge in [0, 0.05) is 31.9 Å². The average Bonchev–Trinajstić information content (AvgIpc) is 2.58. The van der Waals surface area contributed by atoms with E-state index in [0.717, 1.165) is 11.8 Å². The van der Waals surface area contributed by atoms with Gasteiger partial charge in [-0.15, -0.1) is 0 Å². The molecule has 2 aromatic rings. The molecule has 0 bridgehead atoms. The lowest BCUT2D eigenvalue weighted by Crippen LogP contribution is -2.32. The number of anilines is 1. The first-order valence-corrected chi connectivity index (χ1v) is 9.60. The van der Waals surface area contributed by atoms with Gasteiger partial charge in [-0.3, -0.25) is 14.1 Å². The molecule has 0 radical (unpaired) electrons. The third kappa shape index (κ3) is 6.15. The summed E-state index contributed by atoms with van der Waals surface area (Å²) in [6, 6.07) is 8.85. The summed E-state index contributed by atoms with van der Waals surface area (Å²) in [7, 11) is -3.51. The average molecular weight is 365 g/mol. The second-order valence-electron chi connectivity index (χ2n) is 5.55. The van der Waals surface area contributed by atoms with Crippen molar-refractivity contribution in [2.24, 2.45) is 0 Å². The topological polar surface area (TPSA) is 79.4 Å². The van der Waals surface area contributed by atoms with Gasteiger partial charge in [-0.05, 0) is 42.3 Å². The SMILES string of the molecule is CS(=O)(=O)N(CCCC(=O)NCc1cccnc1)c1ccc(F)cc1. The van der Waals surface area contributed by atoms with E-state index in [1.54, 1.807) is 18.5 Å². The number of carbonyl (C=O) groups excluding carboxylic acids is 1. The number of benzene rings is 1. The van der Waals surface area contributed by atoms with Gasteiger partial charge < -0.3 is 5.32 Å². The van der Waals surface area contributed by atoms with Crippen LogP contribution in [0.4, 0.5) is 10.1 Å². The highest BCUT2D eigenvalue weighted by atomic mass is 32.2. The van der Waals surface area contributed by atoms with Crippen LogP contribution in [0.25, 0.3) is 0 Å². The maximum atomic E-state index is 13.0. The molecule has 0 aliphatic rings. The fourth-order valence-corrected chi connectivity index (χ4v) is 3.23. The normalized spacial score (nSPS) is 11.1. The Morgan fingerprint density at radius 2 is 1.96 bits per heavy atom. The standard InChI is InChI=1S/C17H20FN3O3S/c1-25(23,24)21(16-8-6-15(18)7-9-16)11-3-5-17(22)20-13-14-4-2-10-19-12-14/h2,4,6-10,12H,3,5,11,13H2,1H3,(H,20,22). The quantitative estimate of drug-likeness (QED) is 0.777. The Bertz CT molecular complexity index is 796. The van der Waals surface area contributed by atoms with Crippen LogP contribution in [0, 0.1) is 5.82 Å². The number of aromatic nitrogens is 1. The summed E-state index contributed by atoms with van der Waals surface area (Å²) < 4.78 is 38.0. The summed E-state index contributed by atoms with van der Waals surface area (Å²) in [5.41, 5.74) is 1.26. The van der Waals surface area contributed by atoms with E-state index in [2.05, 4.69) is 10.3 Å². The summed E-state index contributed by atoms with van der Waals surface area (Å²) in [6.45, 7) is 0.519. The molecule has 0 aliphatic carbocycles. The van der Waals surface area contributed by atoms with E-state index >= 15 is 0 Å². The molecule has 6 nitrogen and oxygen atoms in total. The molecule has 0 saturated carbocycles. The number of pyridine rings is 1. The summed E-state index contributed by atoms with van der Waals surface area (Å²) in [5, 5.41) is 2.76. The van der Waals surface area contributed by atoms with Crippen LogP contribution in [-0.4, -0.2) is 32.1 Å². The number of hydrogen-bond acceptors (Lipinski definition) is 4. The maximum Gasteiger partial charge on any atom is 0.232 e. The minimum absolute atomic E-state index is 0.144. The number of halogens is 1. The third-order valence-corrected chi connectivity index (χ3v) is 4.69. The molecule has 0 unspecified atom stereocenters.